The van der Waals surface area contributed by atoms with Gasteiger partial charge in [0.25, 0.3) is 0 Å². The lowest BCUT2D eigenvalue weighted by atomic mass is 10.3. The number of tetrazole rings is 1. The molecule has 1 aromatic heterocycles. The molecule has 1 heterocycles. The smallest absolute Gasteiger partial charge is 0.340 e. The van der Waals surface area contributed by atoms with Crippen LogP contribution in [-0.4, -0.2) is 39.9 Å². The van der Waals surface area contributed by atoms with Crippen LogP contribution in [-0.2, 0) is 0 Å². The van der Waals surface area contributed by atoms with Crippen LogP contribution >= 0.6 is 0 Å². The number of para-hydroxylation sites is 1. The SMILES string of the molecule is CCCNCCOc1nnnn1-c1ccccc1. The zero-order valence-electron chi connectivity index (χ0n) is 10.4. The number of benzene rings is 1. The van der Waals surface area contributed by atoms with Crippen molar-refractivity contribution in [1.82, 2.24) is 25.5 Å². The van der Waals surface area contributed by atoms with Crippen LogP contribution in [0.15, 0.2) is 30.3 Å². The van der Waals surface area contributed by atoms with Crippen molar-refractivity contribution in [3.8, 4) is 11.7 Å². The molecule has 0 aliphatic rings. The first-order chi connectivity index (χ1) is 8.92. The first-order valence-corrected chi connectivity index (χ1v) is 6.09. The normalized spacial score (nSPS) is 10.5. The van der Waals surface area contributed by atoms with Crippen LogP contribution in [0.1, 0.15) is 13.3 Å². The summed E-state index contributed by atoms with van der Waals surface area (Å²) in [6.45, 7) is 4.46. The van der Waals surface area contributed by atoms with Gasteiger partial charge in [-0.15, -0.1) is 0 Å². The second-order valence-electron chi connectivity index (χ2n) is 3.81. The molecule has 0 amide bonds. The molecule has 1 N–H and O–H groups in total. The molecule has 0 spiro atoms. The number of nitrogens with zero attached hydrogens (tertiary/aromatic N) is 4. The monoisotopic (exact) mass is 247 g/mol. The Kier molecular flexibility index (Phi) is 4.66. The molecule has 0 unspecified atom stereocenters. The van der Waals surface area contributed by atoms with Crippen molar-refractivity contribution in [3.05, 3.63) is 30.3 Å². The molecule has 2 aromatic rings. The lowest BCUT2D eigenvalue weighted by Crippen LogP contribution is -2.22. The summed E-state index contributed by atoms with van der Waals surface area (Å²) in [4.78, 5) is 0. The van der Waals surface area contributed by atoms with Gasteiger partial charge in [-0.05, 0) is 35.5 Å². The highest BCUT2D eigenvalue weighted by Gasteiger charge is 2.08. The summed E-state index contributed by atoms with van der Waals surface area (Å²) in [5.41, 5.74) is 0.888. The molecule has 96 valence electrons. The molecule has 0 aliphatic heterocycles. The topological polar surface area (TPSA) is 64.9 Å². The molecule has 1 aromatic carbocycles. The molecule has 0 saturated carbocycles. The van der Waals surface area contributed by atoms with Crippen LogP contribution < -0.4 is 10.1 Å². The van der Waals surface area contributed by atoms with Gasteiger partial charge in [-0.3, -0.25) is 0 Å². The van der Waals surface area contributed by atoms with E-state index in [1.807, 2.05) is 30.3 Å². The standard InChI is InChI=1S/C12H17N5O/c1-2-8-13-9-10-18-12-14-15-16-17(12)11-6-4-3-5-7-11/h3-7,13H,2,8-10H2,1H3. The Morgan fingerprint density at radius 1 is 1.22 bits per heavy atom. The maximum atomic E-state index is 5.54. The Labute approximate surface area is 106 Å². The van der Waals surface area contributed by atoms with Gasteiger partial charge in [0, 0.05) is 6.54 Å². The van der Waals surface area contributed by atoms with Crippen LogP contribution in [0.4, 0.5) is 0 Å². The molecule has 18 heavy (non-hydrogen) atoms. The van der Waals surface area contributed by atoms with Gasteiger partial charge in [-0.2, -0.15) is 4.68 Å². The van der Waals surface area contributed by atoms with E-state index >= 15 is 0 Å². The lowest BCUT2D eigenvalue weighted by Gasteiger charge is -2.06. The molecular weight excluding hydrogens is 230 g/mol. The third-order valence-electron chi connectivity index (χ3n) is 2.38. The molecule has 6 nitrogen and oxygen atoms in total. The number of rotatable bonds is 7. The van der Waals surface area contributed by atoms with Crippen molar-refractivity contribution in [2.75, 3.05) is 19.7 Å². The second-order valence-corrected chi connectivity index (χ2v) is 3.81. The fourth-order valence-corrected chi connectivity index (χ4v) is 1.52. The molecule has 0 radical (unpaired) electrons. The van der Waals surface area contributed by atoms with Crippen molar-refractivity contribution in [1.29, 1.82) is 0 Å². The van der Waals surface area contributed by atoms with Gasteiger partial charge < -0.3 is 10.1 Å². The van der Waals surface area contributed by atoms with E-state index in [-0.39, 0.29) is 0 Å². The lowest BCUT2D eigenvalue weighted by molar-refractivity contribution is 0.282. The summed E-state index contributed by atoms with van der Waals surface area (Å²) >= 11 is 0. The van der Waals surface area contributed by atoms with Crippen LogP contribution in [0.25, 0.3) is 5.69 Å². The number of nitrogens with one attached hydrogen (secondary N) is 1. The van der Waals surface area contributed by atoms with Crippen LogP contribution in [0.5, 0.6) is 6.01 Å². The molecule has 0 fully saturated rings. The maximum Gasteiger partial charge on any atom is 0.340 e. The van der Waals surface area contributed by atoms with Crippen LogP contribution in [0, 0.1) is 0 Å². The Morgan fingerprint density at radius 3 is 2.83 bits per heavy atom. The molecule has 0 atom stereocenters. The Morgan fingerprint density at radius 2 is 2.06 bits per heavy atom. The van der Waals surface area contributed by atoms with Gasteiger partial charge in [-0.1, -0.05) is 30.2 Å². The number of aromatic nitrogens is 4. The van der Waals surface area contributed by atoms with Crippen LogP contribution in [0.2, 0.25) is 0 Å². The minimum absolute atomic E-state index is 0.416. The summed E-state index contributed by atoms with van der Waals surface area (Å²) in [6, 6.07) is 10.1. The average molecular weight is 247 g/mol. The van der Waals surface area contributed by atoms with Crippen molar-refractivity contribution in [2.24, 2.45) is 0 Å². The third-order valence-corrected chi connectivity index (χ3v) is 2.38. The van der Waals surface area contributed by atoms with Crippen LogP contribution in [0.3, 0.4) is 0 Å². The molecule has 0 saturated heterocycles. The first-order valence-electron chi connectivity index (χ1n) is 6.09. The molecule has 6 heteroatoms. The Balaban J connectivity index is 1.92. The summed E-state index contributed by atoms with van der Waals surface area (Å²) in [7, 11) is 0. The minimum Gasteiger partial charge on any atom is -0.461 e. The predicted octanol–water partition coefficient (Wildman–Crippen LogP) is 1.04. The van der Waals surface area contributed by atoms with E-state index in [9.17, 15) is 0 Å². The zero-order chi connectivity index (χ0) is 12.6. The molecule has 0 aliphatic carbocycles. The minimum atomic E-state index is 0.416. The van der Waals surface area contributed by atoms with Gasteiger partial charge in [0.05, 0.1) is 5.69 Å². The van der Waals surface area contributed by atoms with Crippen molar-refractivity contribution in [2.45, 2.75) is 13.3 Å². The predicted molar refractivity (Wildman–Crippen MR) is 67.8 cm³/mol. The van der Waals surface area contributed by atoms with Gasteiger partial charge in [-0.25, -0.2) is 0 Å². The highest BCUT2D eigenvalue weighted by molar-refractivity contribution is 5.31. The number of ether oxygens (including phenoxy) is 1. The summed E-state index contributed by atoms with van der Waals surface area (Å²) in [5.74, 6) is 0. The van der Waals surface area contributed by atoms with E-state index in [1.54, 1.807) is 4.68 Å². The number of hydrogen-bond acceptors (Lipinski definition) is 5. The van der Waals surface area contributed by atoms with Gasteiger partial charge in [0.2, 0.25) is 0 Å². The Hall–Kier alpha value is -1.95. The Bertz CT molecular complexity index is 457. The van der Waals surface area contributed by atoms with Gasteiger partial charge in [0.15, 0.2) is 0 Å². The molecular formula is C12H17N5O. The fourth-order valence-electron chi connectivity index (χ4n) is 1.52. The fraction of sp³-hybridized carbons (Fsp3) is 0.417. The van der Waals surface area contributed by atoms with E-state index in [1.165, 1.54) is 0 Å². The number of hydrogen-bond donors (Lipinski definition) is 1. The molecule has 0 bridgehead atoms. The third kappa shape index (κ3) is 3.27. The quantitative estimate of drug-likeness (QED) is 0.741. The molecule has 2 rings (SSSR count). The maximum absolute atomic E-state index is 5.54. The van der Waals surface area contributed by atoms with E-state index in [4.69, 9.17) is 4.74 Å². The van der Waals surface area contributed by atoms with Crippen molar-refractivity contribution in [3.63, 3.8) is 0 Å². The van der Waals surface area contributed by atoms with Gasteiger partial charge in [0.1, 0.15) is 6.61 Å². The average Bonchev–Trinajstić information content (AvgIpc) is 2.88. The van der Waals surface area contributed by atoms with Crippen molar-refractivity contribution >= 4 is 0 Å². The van der Waals surface area contributed by atoms with E-state index in [2.05, 4.69) is 27.8 Å². The van der Waals surface area contributed by atoms with E-state index in [0.29, 0.717) is 12.6 Å². The first kappa shape index (κ1) is 12.5. The highest BCUT2D eigenvalue weighted by atomic mass is 16.5. The largest absolute Gasteiger partial charge is 0.461 e. The summed E-state index contributed by atoms with van der Waals surface area (Å²) in [5, 5.41) is 14.7. The van der Waals surface area contributed by atoms with E-state index < -0.39 is 0 Å². The highest BCUT2D eigenvalue weighted by Crippen LogP contribution is 2.11. The second kappa shape index (κ2) is 6.70. The van der Waals surface area contributed by atoms with Gasteiger partial charge >= 0.3 is 6.01 Å². The zero-order valence-corrected chi connectivity index (χ0v) is 10.4. The summed E-state index contributed by atoms with van der Waals surface area (Å²) < 4.78 is 7.13. The summed E-state index contributed by atoms with van der Waals surface area (Å²) in [6.07, 6.45) is 1.11. The van der Waals surface area contributed by atoms with Crippen molar-refractivity contribution < 1.29 is 4.74 Å². The van der Waals surface area contributed by atoms with E-state index in [0.717, 1.165) is 25.2 Å².